The maximum absolute atomic E-state index is 12.1. The van der Waals surface area contributed by atoms with Crippen molar-refractivity contribution in [2.24, 2.45) is 11.1 Å². The zero-order valence-corrected chi connectivity index (χ0v) is 16.1. The summed E-state index contributed by atoms with van der Waals surface area (Å²) in [6.45, 7) is 3.95. The number of nitrogens with zero attached hydrogens (tertiary/aromatic N) is 3. The third kappa shape index (κ3) is 3.90. The van der Waals surface area contributed by atoms with E-state index in [-0.39, 0.29) is 43.2 Å². The van der Waals surface area contributed by atoms with Gasteiger partial charge in [0.2, 0.25) is 0 Å². The quantitative estimate of drug-likeness (QED) is 0.424. The third-order valence-corrected chi connectivity index (χ3v) is 5.56. The molecule has 156 valence electrons. The zero-order valence-electron chi connectivity index (χ0n) is 16.1. The second kappa shape index (κ2) is 7.96. The van der Waals surface area contributed by atoms with Crippen LogP contribution in [-0.4, -0.2) is 61.4 Å². The Hall–Kier alpha value is -2.72. The van der Waals surface area contributed by atoms with Gasteiger partial charge in [-0.05, 0) is 19.1 Å². The fraction of sp³-hybridized carbons (Fsp3) is 0.579. The Labute approximate surface area is 167 Å². The van der Waals surface area contributed by atoms with Gasteiger partial charge in [-0.15, -0.1) is 0 Å². The largest absolute Gasteiger partial charge is 0.461 e. The summed E-state index contributed by atoms with van der Waals surface area (Å²) in [5, 5.41) is 14.7. The number of hydrogen-bond acceptors (Lipinski definition) is 9. The molecule has 1 aromatic carbocycles. The van der Waals surface area contributed by atoms with Gasteiger partial charge in [-0.3, -0.25) is 10.1 Å². The molecule has 2 saturated heterocycles. The number of nitro groups is 1. The summed E-state index contributed by atoms with van der Waals surface area (Å²) in [5.74, 6) is -1.52. The van der Waals surface area contributed by atoms with E-state index >= 15 is 0 Å². The number of nitro benzene ring substituents is 1. The van der Waals surface area contributed by atoms with Crippen molar-refractivity contribution in [2.45, 2.75) is 31.7 Å². The van der Waals surface area contributed by atoms with Crippen LogP contribution < -0.4 is 4.90 Å². The van der Waals surface area contributed by atoms with Gasteiger partial charge in [-0.1, -0.05) is 5.16 Å². The van der Waals surface area contributed by atoms with Crippen LogP contribution in [0.1, 0.15) is 19.8 Å². The standard InChI is InChI=1S/C19H23N3O7/c1-2-26-18(23)17-15-11-27-19(28-12-16(15)29-20-17)7-9-21(10-8-19)13-3-5-14(6-4-13)22(24)25/h3-6,15-16H,2,7-12H2,1H3/t15-,16-/m1/s1. The number of fused-ring (bicyclic) bond motifs is 1. The second-order valence-corrected chi connectivity index (χ2v) is 7.24. The molecular weight excluding hydrogens is 382 g/mol. The van der Waals surface area contributed by atoms with Crippen molar-refractivity contribution in [1.29, 1.82) is 0 Å². The van der Waals surface area contributed by atoms with Crippen molar-refractivity contribution in [2.75, 3.05) is 37.8 Å². The molecule has 2 atom stereocenters. The first-order valence-corrected chi connectivity index (χ1v) is 9.69. The number of carbonyl (C=O) groups is 1. The molecule has 0 amide bonds. The molecule has 3 heterocycles. The number of hydrogen-bond donors (Lipinski definition) is 0. The second-order valence-electron chi connectivity index (χ2n) is 7.24. The van der Waals surface area contributed by atoms with Gasteiger partial charge in [0.25, 0.3) is 5.69 Å². The Bertz CT molecular complexity index is 803. The van der Waals surface area contributed by atoms with Crippen LogP contribution >= 0.6 is 0 Å². The lowest BCUT2D eigenvalue weighted by Crippen LogP contribution is -2.48. The van der Waals surface area contributed by atoms with Crippen molar-refractivity contribution in [3.05, 3.63) is 34.4 Å². The van der Waals surface area contributed by atoms with Crippen LogP contribution in [0.3, 0.4) is 0 Å². The molecule has 0 N–H and O–H groups in total. The van der Waals surface area contributed by atoms with Crippen LogP contribution in [0.5, 0.6) is 0 Å². The number of carbonyl (C=O) groups excluding carboxylic acids is 1. The van der Waals surface area contributed by atoms with E-state index < -0.39 is 16.7 Å². The van der Waals surface area contributed by atoms with Crippen molar-refractivity contribution in [3.8, 4) is 0 Å². The zero-order chi connectivity index (χ0) is 20.4. The lowest BCUT2D eigenvalue weighted by Gasteiger charge is -2.41. The number of oxime groups is 1. The smallest absolute Gasteiger partial charge is 0.356 e. The highest BCUT2D eigenvalue weighted by Gasteiger charge is 2.47. The van der Waals surface area contributed by atoms with E-state index in [1.54, 1.807) is 19.1 Å². The highest BCUT2D eigenvalue weighted by molar-refractivity contribution is 6.37. The first kappa shape index (κ1) is 19.6. The van der Waals surface area contributed by atoms with Gasteiger partial charge >= 0.3 is 5.97 Å². The van der Waals surface area contributed by atoms with Gasteiger partial charge in [0.05, 0.1) is 30.7 Å². The molecule has 0 radical (unpaired) electrons. The molecule has 2 fully saturated rings. The summed E-state index contributed by atoms with van der Waals surface area (Å²) in [7, 11) is 0. The fourth-order valence-electron chi connectivity index (χ4n) is 3.87. The van der Waals surface area contributed by atoms with Gasteiger partial charge in [-0.2, -0.15) is 0 Å². The number of benzene rings is 1. The summed E-state index contributed by atoms with van der Waals surface area (Å²) in [5.41, 5.74) is 1.25. The highest BCUT2D eigenvalue weighted by atomic mass is 16.7. The number of ether oxygens (including phenoxy) is 3. The number of esters is 1. The van der Waals surface area contributed by atoms with Crippen LogP contribution in [0.15, 0.2) is 29.4 Å². The van der Waals surface area contributed by atoms with E-state index in [1.807, 2.05) is 0 Å². The van der Waals surface area contributed by atoms with Gasteiger partial charge in [0, 0.05) is 43.8 Å². The van der Waals surface area contributed by atoms with E-state index in [0.717, 1.165) is 5.69 Å². The van der Waals surface area contributed by atoms with E-state index in [4.69, 9.17) is 19.0 Å². The molecule has 0 aliphatic carbocycles. The predicted molar refractivity (Wildman–Crippen MR) is 102 cm³/mol. The number of anilines is 1. The Balaban J connectivity index is 1.37. The van der Waals surface area contributed by atoms with Crippen molar-refractivity contribution < 1.29 is 28.8 Å². The summed E-state index contributed by atoms with van der Waals surface area (Å²) < 4.78 is 17.3. The number of non-ortho nitro benzene ring substituents is 1. The van der Waals surface area contributed by atoms with Gasteiger partial charge in [0.15, 0.2) is 17.6 Å². The molecule has 0 aromatic heterocycles. The van der Waals surface area contributed by atoms with Crippen LogP contribution in [0.2, 0.25) is 0 Å². The van der Waals surface area contributed by atoms with Crippen molar-refractivity contribution in [3.63, 3.8) is 0 Å². The molecule has 10 nitrogen and oxygen atoms in total. The van der Waals surface area contributed by atoms with E-state index in [9.17, 15) is 14.9 Å². The van der Waals surface area contributed by atoms with E-state index in [0.29, 0.717) is 25.9 Å². The van der Waals surface area contributed by atoms with Gasteiger partial charge in [0.1, 0.15) is 0 Å². The first-order valence-electron chi connectivity index (χ1n) is 9.69. The van der Waals surface area contributed by atoms with Crippen LogP contribution in [0, 0.1) is 16.0 Å². The number of piperidine rings is 1. The monoisotopic (exact) mass is 405 g/mol. The van der Waals surface area contributed by atoms with Crippen LogP contribution in [-0.2, 0) is 23.8 Å². The summed E-state index contributed by atoms with van der Waals surface area (Å²) in [4.78, 5) is 30.0. The molecule has 0 saturated carbocycles. The number of rotatable bonds is 4. The Morgan fingerprint density at radius 1 is 1.28 bits per heavy atom. The minimum Gasteiger partial charge on any atom is -0.461 e. The minimum atomic E-state index is -0.731. The highest BCUT2D eigenvalue weighted by Crippen LogP contribution is 2.36. The molecule has 1 spiro atoms. The summed E-state index contributed by atoms with van der Waals surface area (Å²) in [6, 6.07) is 6.52. The van der Waals surface area contributed by atoms with Crippen molar-refractivity contribution >= 4 is 23.1 Å². The average molecular weight is 405 g/mol. The first-order chi connectivity index (χ1) is 14.0. The lowest BCUT2D eigenvalue weighted by molar-refractivity contribution is -0.384. The van der Waals surface area contributed by atoms with Crippen LogP contribution in [0.4, 0.5) is 11.4 Å². The van der Waals surface area contributed by atoms with Gasteiger partial charge < -0.3 is 23.9 Å². The third-order valence-electron chi connectivity index (χ3n) is 5.56. The fourth-order valence-corrected chi connectivity index (χ4v) is 3.87. The molecule has 1 aromatic rings. The molecule has 0 bridgehead atoms. The van der Waals surface area contributed by atoms with E-state index in [2.05, 4.69) is 10.1 Å². The summed E-state index contributed by atoms with van der Waals surface area (Å²) >= 11 is 0. The average Bonchev–Trinajstić information content (AvgIpc) is 3.07. The molecule has 3 aliphatic heterocycles. The Morgan fingerprint density at radius 3 is 2.62 bits per heavy atom. The van der Waals surface area contributed by atoms with Crippen LogP contribution in [0.25, 0.3) is 0 Å². The van der Waals surface area contributed by atoms with Crippen molar-refractivity contribution in [1.82, 2.24) is 0 Å². The predicted octanol–water partition coefficient (Wildman–Crippen LogP) is 1.87. The minimum absolute atomic E-state index is 0.0725. The molecule has 29 heavy (non-hydrogen) atoms. The molecule has 10 heteroatoms. The maximum Gasteiger partial charge on any atom is 0.356 e. The molecule has 3 aliphatic rings. The van der Waals surface area contributed by atoms with E-state index in [1.165, 1.54) is 12.1 Å². The maximum atomic E-state index is 12.1. The molecule has 0 unspecified atom stereocenters. The topological polar surface area (TPSA) is 113 Å². The lowest BCUT2D eigenvalue weighted by atomic mass is 9.99. The molecule has 4 rings (SSSR count). The normalized spacial score (nSPS) is 25.6. The Kier molecular flexibility index (Phi) is 5.37. The van der Waals surface area contributed by atoms with Gasteiger partial charge in [-0.25, -0.2) is 4.79 Å². The Morgan fingerprint density at radius 2 is 1.97 bits per heavy atom. The summed E-state index contributed by atoms with van der Waals surface area (Å²) in [6.07, 6.45) is 0.909. The SMILES string of the molecule is CCOC(=O)C1=NO[C@@H]2COC3(CCN(c4ccc([N+](=O)[O-])cc4)CC3)OC[C@@H]12. The molecular formula is C19H23N3O7.